The van der Waals surface area contributed by atoms with Crippen LogP contribution in [0.3, 0.4) is 0 Å². The summed E-state index contributed by atoms with van der Waals surface area (Å²) >= 11 is 0. The summed E-state index contributed by atoms with van der Waals surface area (Å²) in [5, 5.41) is 6.40. The zero-order valence-corrected chi connectivity index (χ0v) is 17.1. The molecule has 2 aromatic heterocycles. The van der Waals surface area contributed by atoms with Crippen LogP contribution in [0.25, 0.3) is 5.69 Å². The molecule has 32 heavy (non-hydrogen) atoms. The van der Waals surface area contributed by atoms with E-state index in [1.165, 1.54) is 44.5 Å². The number of aryl methyl sites for hydroxylation is 1. The molecule has 0 aliphatic carbocycles. The van der Waals surface area contributed by atoms with Gasteiger partial charge in [0.05, 0.1) is 17.9 Å². The first kappa shape index (κ1) is 22.9. The first-order chi connectivity index (χ1) is 15.2. The third kappa shape index (κ3) is 5.11. The molecule has 1 amide bonds. The molecule has 0 unspecified atom stereocenters. The second-order valence-corrected chi connectivity index (χ2v) is 6.58. The zero-order chi connectivity index (χ0) is 23.3. The average molecular weight is 448 g/mol. The third-order valence-electron chi connectivity index (χ3n) is 4.31. The normalized spacial score (nSPS) is 11.3. The van der Waals surface area contributed by atoms with Gasteiger partial charge in [0.15, 0.2) is 5.69 Å². The van der Waals surface area contributed by atoms with Crippen LogP contribution in [0.1, 0.15) is 21.7 Å². The lowest BCUT2D eigenvalue weighted by atomic mass is 10.1. The standard InChI is InChI=1S/C21H19F3N4O4/c1-13-12-17(29)18(27-28(13)16-8-4-3-6-14(16)21(22,23)24)19(30)26-15-7-5-9-25-20(15)32-11-10-31-2/h3-9,12H,10-11H2,1-2H3,(H,26,30). The number of carbonyl (C=O) groups excluding carboxylic acids is 1. The van der Waals surface area contributed by atoms with E-state index < -0.39 is 28.8 Å². The van der Waals surface area contributed by atoms with Crippen molar-refractivity contribution < 1.29 is 27.4 Å². The molecule has 3 rings (SSSR count). The van der Waals surface area contributed by atoms with Gasteiger partial charge in [-0.3, -0.25) is 9.59 Å². The van der Waals surface area contributed by atoms with Gasteiger partial charge in [0.25, 0.3) is 5.91 Å². The Bertz CT molecular complexity index is 1180. The fourth-order valence-electron chi connectivity index (χ4n) is 2.85. The van der Waals surface area contributed by atoms with Crippen LogP contribution in [0.5, 0.6) is 5.88 Å². The highest BCUT2D eigenvalue weighted by Gasteiger charge is 2.34. The van der Waals surface area contributed by atoms with Gasteiger partial charge < -0.3 is 14.8 Å². The Morgan fingerprint density at radius 3 is 2.62 bits per heavy atom. The van der Waals surface area contributed by atoms with Crippen molar-refractivity contribution in [3.8, 4) is 11.6 Å². The van der Waals surface area contributed by atoms with Gasteiger partial charge in [-0.1, -0.05) is 12.1 Å². The van der Waals surface area contributed by atoms with Gasteiger partial charge in [-0.05, 0) is 31.2 Å². The number of aromatic nitrogens is 3. The largest absolute Gasteiger partial charge is 0.474 e. The van der Waals surface area contributed by atoms with Crippen LogP contribution in [-0.2, 0) is 10.9 Å². The van der Waals surface area contributed by atoms with Gasteiger partial charge >= 0.3 is 6.18 Å². The summed E-state index contributed by atoms with van der Waals surface area (Å²) in [6.45, 7) is 1.87. The number of hydrogen-bond acceptors (Lipinski definition) is 6. The average Bonchev–Trinajstić information content (AvgIpc) is 2.74. The number of hydrogen-bond donors (Lipinski definition) is 1. The van der Waals surface area contributed by atoms with Crippen molar-refractivity contribution in [2.75, 3.05) is 25.6 Å². The number of anilines is 1. The number of nitrogens with zero attached hydrogens (tertiary/aromatic N) is 3. The first-order valence-corrected chi connectivity index (χ1v) is 9.38. The Balaban J connectivity index is 1.98. The third-order valence-corrected chi connectivity index (χ3v) is 4.31. The van der Waals surface area contributed by atoms with Gasteiger partial charge in [0.2, 0.25) is 11.3 Å². The molecular weight excluding hydrogens is 429 g/mol. The monoisotopic (exact) mass is 448 g/mol. The minimum Gasteiger partial charge on any atom is -0.474 e. The molecule has 11 heteroatoms. The molecule has 0 saturated heterocycles. The molecule has 0 atom stereocenters. The van der Waals surface area contributed by atoms with E-state index >= 15 is 0 Å². The summed E-state index contributed by atoms with van der Waals surface area (Å²) in [7, 11) is 1.50. The van der Waals surface area contributed by atoms with Crippen molar-refractivity contribution in [1.29, 1.82) is 0 Å². The highest BCUT2D eigenvalue weighted by atomic mass is 19.4. The van der Waals surface area contributed by atoms with Crippen LogP contribution in [-0.4, -0.2) is 41.0 Å². The summed E-state index contributed by atoms with van der Waals surface area (Å²) in [5.41, 5.74) is -2.29. The number of pyridine rings is 1. The zero-order valence-electron chi connectivity index (χ0n) is 17.1. The molecule has 8 nitrogen and oxygen atoms in total. The van der Waals surface area contributed by atoms with E-state index in [1.807, 2.05) is 0 Å². The molecular formula is C21H19F3N4O4. The van der Waals surface area contributed by atoms with Gasteiger partial charge in [-0.15, -0.1) is 0 Å². The molecule has 0 bridgehead atoms. The van der Waals surface area contributed by atoms with E-state index in [0.29, 0.717) is 0 Å². The number of rotatable bonds is 7. The van der Waals surface area contributed by atoms with Crippen LogP contribution in [0.4, 0.5) is 18.9 Å². The smallest absolute Gasteiger partial charge is 0.418 e. The maximum atomic E-state index is 13.5. The molecule has 3 aromatic rings. The van der Waals surface area contributed by atoms with E-state index in [0.717, 1.165) is 16.8 Å². The quantitative estimate of drug-likeness (QED) is 0.558. The number of ether oxygens (including phenoxy) is 2. The number of carbonyl (C=O) groups is 1. The molecule has 0 radical (unpaired) electrons. The topological polar surface area (TPSA) is 95.3 Å². The minimum atomic E-state index is -4.65. The van der Waals surface area contributed by atoms with E-state index in [1.54, 1.807) is 6.07 Å². The van der Waals surface area contributed by atoms with Crippen molar-refractivity contribution in [2.45, 2.75) is 13.1 Å². The number of alkyl halides is 3. The Labute approximate surface area is 180 Å². The van der Waals surface area contributed by atoms with Crippen molar-refractivity contribution in [3.63, 3.8) is 0 Å². The van der Waals surface area contributed by atoms with Crippen LogP contribution in [0.15, 0.2) is 53.5 Å². The van der Waals surface area contributed by atoms with Gasteiger partial charge in [-0.2, -0.15) is 18.3 Å². The second kappa shape index (κ2) is 9.60. The van der Waals surface area contributed by atoms with Gasteiger partial charge in [0.1, 0.15) is 12.3 Å². The van der Waals surface area contributed by atoms with Crippen molar-refractivity contribution in [1.82, 2.24) is 14.8 Å². The van der Waals surface area contributed by atoms with E-state index in [-0.39, 0.29) is 36.2 Å². The number of amides is 1. The highest BCUT2D eigenvalue weighted by molar-refractivity contribution is 6.03. The SMILES string of the molecule is COCCOc1ncccc1NC(=O)c1nn(-c2ccccc2C(F)(F)F)c(C)cc1=O. The van der Waals surface area contributed by atoms with Gasteiger partial charge in [-0.25, -0.2) is 9.67 Å². The summed E-state index contributed by atoms with van der Waals surface area (Å²) in [6.07, 6.45) is -3.20. The van der Waals surface area contributed by atoms with Crippen LogP contribution < -0.4 is 15.5 Å². The lowest BCUT2D eigenvalue weighted by molar-refractivity contribution is -0.137. The maximum Gasteiger partial charge on any atom is 0.418 e. The Morgan fingerprint density at radius 2 is 1.91 bits per heavy atom. The molecule has 0 fully saturated rings. The lowest BCUT2D eigenvalue weighted by Crippen LogP contribution is -2.28. The van der Waals surface area contributed by atoms with Crippen LogP contribution in [0, 0.1) is 6.92 Å². The predicted octanol–water partition coefficient (Wildman–Crippen LogP) is 3.23. The number of methoxy groups -OCH3 is 1. The summed E-state index contributed by atoms with van der Waals surface area (Å²) in [5.74, 6) is -0.828. The molecule has 2 heterocycles. The van der Waals surface area contributed by atoms with Crippen LogP contribution >= 0.6 is 0 Å². The highest BCUT2D eigenvalue weighted by Crippen LogP contribution is 2.33. The number of halogens is 3. The fourth-order valence-corrected chi connectivity index (χ4v) is 2.85. The molecule has 0 saturated carbocycles. The van der Waals surface area contributed by atoms with Crippen molar-refractivity contribution >= 4 is 11.6 Å². The number of nitrogens with one attached hydrogen (secondary N) is 1. The molecule has 0 spiro atoms. The summed E-state index contributed by atoms with van der Waals surface area (Å²) in [6, 6.07) is 8.84. The van der Waals surface area contributed by atoms with Crippen molar-refractivity contribution in [3.05, 3.63) is 75.8 Å². The van der Waals surface area contributed by atoms with E-state index in [9.17, 15) is 22.8 Å². The van der Waals surface area contributed by atoms with Gasteiger partial charge in [0, 0.05) is 25.1 Å². The van der Waals surface area contributed by atoms with E-state index in [4.69, 9.17) is 9.47 Å². The lowest BCUT2D eigenvalue weighted by Gasteiger charge is -2.17. The minimum absolute atomic E-state index is 0.0905. The second-order valence-electron chi connectivity index (χ2n) is 6.58. The number of para-hydroxylation sites is 1. The van der Waals surface area contributed by atoms with Crippen molar-refractivity contribution in [2.24, 2.45) is 0 Å². The fraction of sp³-hybridized carbons (Fsp3) is 0.238. The first-order valence-electron chi connectivity index (χ1n) is 9.38. The molecule has 0 aliphatic rings. The summed E-state index contributed by atoms with van der Waals surface area (Å²) < 4.78 is 51.6. The molecule has 1 N–H and O–H groups in total. The predicted molar refractivity (Wildman–Crippen MR) is 109 cm³/mol. The molecule has 168 valence electrons. The van der Waals surface area contributed by atoms with E-state index in [2.05, 4.69) is 15.4 Å². The molecule has 1 aromatic carbocycles. The number of benzene rings is 1. The Kier molecular flexibility index (Phi) is 6.89. The summed E-state index contributed by atoms with van der Waals surface area (Å²) in [4.78, 5) is 29.2. The van der Waals surface area contributed by atoms with Crippen LogP contribution in [0.2, 0.25) is 0 Å². The maximum absolute atomic E-state index is 13.5. The molecule has 0 aliphatic heterocycles. The Hall–Kier alpha value is -3.73. The Morgan fingerprint density at radius 1 is 1.16 bits per heavy atom.